The summed E-state index contributed by atoms with van der Waals surface area (Å²) in [6.07, 6.45) is 3.51. The molecule has 0 spiro atoms. The van der Waals surface area contributed by atoms with Gasteiger partial charge in [0.05, 0.1) is 12.0 Å². The highest BCUT2D eigenvalue weighted by atomic mass is 16.3. The van der Waals surface area contributed by atoms with Gasteiger partial charge in [0, 0.05) is 30.2 Å². The van der Waals surface area contributed by atoms with Crippen molar-refractivity contribution < 1.29 is 4.42 Å². The second-order valence-corrected chi connectivity index (χ2v) is 6.01. The van der Waals surface area contributed by atoms with Crippen LogP contribution in [0.15, 0.2) is 71.5 Å². The number of aromatic nitrogens is 2. The molecule has 0 unspecified atom stereocenters. The highest BCUT2D eigenvalue weighted by Crippen LogP contribution is 2.30. The molecule has 0 saturated carbocycles. The molecular weight excluding hydrogens is 298 g/mol. The monoisotopic (exact) mass is 317 g/mol. The Hall–Kier alpha value is -2.85. The average molecular weight is 317 g/mol. The van der Waals surface area contributed by atoms with E-state index in [-0.39, 0.29) is 0 Å². The lowest BCUT2D eigenvalue weighted by Crippen LogP contribution is -2.17. The van der Waals surface area contributed by atoms with Gasteiger partial charge in [-0.25, -0.2) is 4.98 Å². The van der Waals surface area contributed by atoms with Crippen molar-refractivity contribution in [2.75, 3.05) is 7.05 Å². The molecule has 4 nitrogen and oxygen atoms in total. The highest BCUT2D eigenvalue weighted by Gasteiger charge is 2.17. The Morgan fingerprint density at radius 1 is 1.00 bits per heavy atom. The smallest absolute Gasteiger partial charge is 0.150 e. The molecule has 4 aromatic rings. The van der Waals surface area contributed by atoms with Gasteiger partial charge in [0.25, 0.3) is 0 Å². The Bertz CT molecular complexity index is 926. The molecule has 0 radical (unpaired) electrons. The molecule has 3 heterocycles. The van der Waals surface area contributed by atoms with Gasteiger partial charge in [-0.05, 0) is 36.9 Å². The van der Waals surface area contributed by atoms with Crippen molar-refractivity contribution in [1.82, 2.24) is 14.9 Å². The number of fused-ring (bicyclic) bond motifs is 1. The Balaban J connectivity index is 1.68. The molecule has 1 N–H and O–H groups in total. The van der Waals surface area contributed by atoms with E-state index in [1.54, 1.807) is 6.26 Å². The van der Waals surface area contributed by atoms with E-state index in [9.17, 15) is 0 Å². The van der Waals surface area contributed by atoms with Crippen LogP contribution in [0.25, 0.3) is 22.5 Å². The first-order valence-corrected chi connectivity index (χ1v) is 8.03. The maximum Gasteiger partial charge on any atom is 0.150 e. The zero-order valence-corrected chi connectivity index (χ0v) is 13.6. The molecule has 0 aliphatic heterocycles. The summed E-state index contributed by atoms with van der Waals surface area (Å²) in [5.74, 6) is 0.844. The molecule has 0 bridgehead atoms. The van der Waals surface area contributed by atoms with E-state index in [1.807, 2.05) is 30.5 Å². The Labute approximate surface area is 140 Å². The van der Waals surface area contributed by atoms with Crippen LogP contribution in [-0.4, -0.2) is 21.9 Å². The third-order valence-electron chi connectivity index (χ3n) is 4.17. The number of rotatable bonds is 5. The van der Waals surface area contributed by atoms with Crippen LogP contribution in [0.5, 0.6) is 0 Å². The van der Waals surface area contributed by atoms with Crippen molar-refractivity contribution in [3.8, 4) is 11.5 Å². The van der Waals surface area contributed by atoms with E-state index in [2.05, 4.69) is 52.2 Å². The summed E-state index contributed by atoms with van der Waals surface area (Å²) in [6.45, 7) is 1.71. The molecule has 0 atom stereocenters. The number of aromatic amines is 1. The topological polar surface area (TPSA) is 45.1 Å². The summed E-state index contributed by atoms with van der Waals surface area (Å²) in [5.41, 5.74) is 4.42. The summed E-state index contributed by atoms with van der Waals surface area (Å²) >= 11 is 0. The molecule has 0 aliphatic carbocycles. The molecule has 120 valence electrons. The molecule has 0 aliphatic rings. The van der Waals surface area contributed by atoms with E-state index in [0.29, 0.717) is 0 Å². The van der Waals surface area contributed by atoms with Crippen LogP contribution in [0.2, 0.25) is 0 Å². The van der Waals surface area contributed by atoms with Crippen LogP contribution >= 0.6 is 0 Å². The fourth-order valence-electron chi connectivity index (χ4n) is 3.09. The van der Waals surface area contributed by atoms with Gasteiger partial charge in [-0.15, -0.1) is 0 Å². The van der Waals surface area contributed by atoms with Gasteiger partial charge >= 0.3 is 0 Å². The quantitative estimate of drug-likeness (QED) is 0.591. The minimum Gasteiger partial charge on any atom is -0.463 e. The first-order chi connectivity index (χ1) is 11.8. The normalized spacial score (nSPS) is 11.4. The molecule has 4 rings (SSSR count). The summed E-state index contributed by atoms with van der Waals surface area (Å²) in [7, 11) is 2.13. The van der Waals surface area contributed by atoms with Crippen LogP contribution in [0.4, 0.5) is 0 Å². The Morgan fingerprint density at radius 3 is 2.67 bits per heavy atom. The van der Waals surface area contributed by atoms with Crippen molar-refractivity contribution in [2.45, 2.75) is 13.1 Å². The highest BCUT2D eigenvalue weighted by molar-refractivity contribution is 5.87. The van der Waals surface area contributed by atoms with E-state index < -0.39 is 0 Å². The zero-order valence-electron chi connectivity index (χ0n) is 13.6. The largest absolute Gasteiger partial charge is 0.463 e. The minimum atomic E-state index is 0.816. The van der Waals surface area contributed by atoms with Crippen LogP contribution in [0.1, 0.15) is 11.1 Å². The number of hydrogen-bond donors (Lipinski definition) is 1. The third-order valence-corrected chi connectivity index (χ3v) is 4.17. The number of hydrogen-bond acceptors (Lipinski definition) is 3. The second-order valence-electron chi connectivity index (χ2n) is 6.01. The summed E-state index contributed by atoms with van der Waals surface area (Å²) < 4.78 is 5.61. The minimum absolute atomic E-state index is 0.816. The fourth-order valence-corrected chi connectivity index (χ4v) is 3.09. The Morgan fingerprint density at radius 2 is 1.88 bits per heavy atom. The maximum atomic E-state index is 5.61. The van der Waals surface area contributed by atoms with Gasteiger partial charge in [-0.2, -0.15) is 0 Å². The van der Waals surface area contributed by atoms with Gasteiger partial charge in [0.2, 0.25) is 0 Å². The average Bonchev–Trinajstić information content (AvgIpc) is 3.24. The van der Waals surface area contributed by atoms with Crippen LogP contribution in [0.3, 0.4) is 0 Å². The Kier molecular flexibility index (Phi) is 3.89. The van der Waals surface area contributed by atoms with Gasteiger partial charge in [0.15, 0.2) is 0 Å². The number of furan rings is 1. The predicted octanol–water partition coefficient (Wildman–Crippen LogP) is 4.45. The molecule has 0 fully saturated rings. The summed E-state index contributed by atoms with van der Waals surface area (Å²) in [5, 5.41) is 1.14. The number of H-pyrrole nitrogens is 1. The van der Waals surface area contributed by atoms with E-state index >= 15 is 0 Å². The number of nitrogens with zero attached hydrogens (tertiary/aromatic N) is 2. The van der Waals surface area contributed by atoms with Crippen LogP contribution in [0, 0.1) is 0 Å². The molecule has 0 amide bonds. The summed E-state index contributed by atoms with van der Waals surface area (Å²) in [4.78, 5) is 10.2. The third kappa shape index (κ3) is 2.84. The molecule has 24 heavy (non-hydrogen) atoms. The van der Waals surface area contributed by atoms with Crippen molar-refractivity contribution in [1.29, 1.82) is 0 Å². The number of nitrogens with one attached hydrogen (secondary N) is 1. The SMILES string of the molecule is CN(Cc1ccccc1)Cc1c(-c2ccco2)[nH]c2ncccc12. The van der Waals surface area contributed by atoms with E-state index in [4.69, 9.17) is 4.42 Å². The number of pyridine rings is 1. The lowest BCUT2D eigenvalue weighted by atomic mass is 10.1. The van der Waals surface area contributed by atoms with Crippen molar-refractivity contribution in [2.24, 2.45) is 0 Å². The zero-order chi connectivity index (χ0) is 16.4. The van der Waals surface area contributed by atoms with Gasteiger partial charge in [0.1, 0.15) is 11.4 Å². The molecule has 4 heteroatoms. The molecule has 3 aromatic heterocycles. The molecule has 0 saturated heterocycles. The lowest BCUT2D eigenvalue weighted by Gasteiger charge is -2.17. The lowest BCUT2D eigenvalue weighted by molar-refractivity contribution is 0.320. The van der Waals surface area contributed by atoms with Crippen LogP contribution in [-0.2, 0) is 13.1 Å². The van der Waals surface area contributed by atoms with Crippen molar-refractivity contribution >= 4 is 11.0 Å². The first kappa shape index (κ1) is 14.7. The molecule has 1 aromatic carbocycles. The first-order valence-electron chi connectivity index (χ1n) is 8.03. The van der Waals surface area contributed by atoms with E-state index in [1.165, 1.54) is 11.1 Å². The van der Waals surface area contributed by atoms with Crippen molar-refractivity contribution in [3.63, 3.8) is 0 Å². The van der Waals surface area contributed by atoms with Crippen molar-refractivity contribution in [3.05, 3.63) is 78.2 Å². The fraction of sp³-hybridized carbons (Fsp3) is 0.150. The van der Waals surface area contributed by atoms with Gasteiger partial charge in [-0.3, -0.25) is 4.90 Å². The number of benzene rings is 1. The van der Waals surface area contributed by atoms with Crippen LogP contribution < -0.4 is 0 Å². The van der Waals surface area contributed by atoms with Gasteiger partial charge < -0.3 is 9.40 Å². The standard InChI is InChI=1S/C20H19N3O/c1-23(13-15-7-3-2-4-8-15)14-17-16-9-5-11-21-20(16)22-19(17)18-10-6-12-24-18/h2-12H,13-14H2,1H3,(H,21,22). The second kappa shape index (κ2) is 6.34. The van der Waals surface area contributed by atoms with Gasteiger partial charge in [-0.1, -0.05) is 30.3 Å². The van der Waals surface area contributed by atoms with E-state index in [0.717, 1.165) is 35.6 Å². The maximum absolute atomic E-state index is 5.61. The molecular formula is C20H19N3O. The predicted molar refractivity (Wildman–Crippen MR) is 95.4 cm³/mol. The summed E-state index contributed by atoms with van der Waals surface area (Å²) in [6, 6.07) is 18.5.